The Balaban J connectivity index is 1.72. The number of sulfone groups is 1. The summed E-state index contributed by atoms with van der Waals surface area (Å²) in [4.78, 5) is 16.5. The summed E-state index contributed by atoms with van der Waals surface area (Å²) in [5.74, 6) is 0.0218. The number of nitriles is 1. The van der Waals surface area contributed by atoms with Crippen LogP contribution in [0.3, 0.4) is 0 Å². The van der Waals surface area contributed by atoms with Gasteiger partial charge in [0.05, 0.1) is 12.9 Å². The Morgan fingerprint density at radius 1 is 1.19 bits per heavy atom. The van der Waals surface area contributed by atoms with E-state index in [1.807, 2.05) is 37.3 Å². The van der Waals surface area contributed by atoms with E-state index in [0.29, 0.717) is 23.7 Å². The van der Waals surface area contributed by atoms with Crippen LogP contribution >= 0.6 is 11.5 Å². The van der Waals surface area contributed by atoms with Gasteiger partial charge in [0.1, 0.15) is 18.2 Å². The third kappa shape index (κ3) is 7.13. The van der Waals surface area contributed by atoms with Gasteiger partial charge < -0.3 is 9.47 Å². The van der Waals surface area contributed by atoms with E-state index in [2.05, 4.69) is 14.7 Å². The molecule has 1 aromatic heterocycles. The normalized spacial score (nSPS) is 11.7. The molecule has 36 heavy (non-hydrogen) atoms. The van der Waals surface area contributed by atoms with Crippen LogP contribution in [0.2, 0.25) is 0 Å². The number of aromatic nitrogens is 2. The van der Waals surface area contributed by atoms with E-state index < -0.39 is 15.7 Å². The summed E-state index contributed by atoms with van der Waals surface area (Å²) < 4.78 is 39.7. The molecular weight excluding hydrogens is 500 g/mol. The fraction of sp³-hybridized carbons (Fsp3) is 0.280. The molecule has 0 atom stereocenters. The van der Waals surface area contributed by atoms with Crippen LogP contribution in [-0.2, 0) is 21.2 Å². The van der Waals surface area contributed by atoms with Crippen molar-refractivity contribution in [2.45, 2.75) is 32.5 Å². The number of amides is 1. The molecule has 0 unspecified atom stereocenters. The largest absolute Gasteiger partial charge is 0.493 e. The van der Waals surface area contributed by atoms with Crippen molar-refractivity contribution in [3.8, 4) is 17.6 Å². The van der Waals surface area contributed by atoms with Gasteiger partial charge in [-0.1, -0.05) is 49.7 Å². The van der Waals surface area contributed by atoms with Crippen molar-refractivity contribution in [2.75, 3.05) is 18.2 Å². The Morgan fingerprint density at radius 3 is 2.56 bits per heavy atom. The van der Waals surface area contributed by atoms with Crippen molar-refractivity contribution in [1.29, 1.82) is 5.26 Å². The lowest BCUT2D eigenvalue weighted by Crippen LogP contribution is -2.15. The maximum Gasteiger partial charge on any atom is 0.268 e. The van der Waals surface area contributed by atoms with Crippen molar-refractivity contribution >= 4 is 38.5 Å². The number of carbonyl (C=O) groups is 1. The summed E-state index contributed by atoms with van der Waals surface area (Å²) in [5.41, 5.74) is 2.50. The summed E-state index contributed by atoms with van der Waals surface area (Å²) >= 11 is 0.733. The zero-order chi connectivity index (χ0) is 26.3. The summed E-state index contributed by atoms with van der Waals surface area (Å²) in [6.07, 6.45) is 1.39. The SMILES string of the molecule is COc1cc(/C=C(/C#N)C(=O)Nc2nc(S(=O)(=O)CC(C)C)ns2)ccc1OCc1ccc(C)cc1. The van der Waals surface area contributed by atoms with Crippen LogP contribution in [0.25, 0.3) is 6.08 Å². The Kier molecular flexibility index (Phi) is 8.79. The highest BCUT2D eigenvalue weighted by Gasteiger charge is 2.23. The lowest BCUT2D eigenvalue weighted by Gasteiger charge is -2.12. The molecule has 11 heteroatoms. The number of nitrogens with one attached hydrogen (secondary N) is 1. The van der Waals surface area contributed by atoms with Crippen molar-refractivity contribution in [3.05, 3.63) is 64.7 Å². The molecule has 1 N–H and O–H groups in total. The number of benzene rings is 2. The van der Waals surface area contributed by atoms with Gasteiger partial charge in [-0.2, -0.15) is 14.6 Å². The smallest absolute Gasteiger partial charge is 0.268 e. The zero-order valence-electron chi connectivity index (χ0n) is 20.3. The number of nitrogens with zero attached hydrogens (tertiary/aromatic N) is 3. The van der Waals surface area contributed by atoms with E-state index in [0.717, 1.165) is 22.7 Å². The minimum absolute atomic E-state index is 0.0130. The lowest BCUT2D eigenvalue weighted by atomic mass is 10.1. The highest BCUT2D eigenvalue weighted by Crippen LogP contribution is 2.30. The molecule has 9 nitrogen and oxygen atoms in total. The molecule has 0 aliphatic carbocycles. The molecule has 0 fully saturated rings. The molecule has 1 amide bonds. The van der Waals surface area contributed by atoms with Crippen LogP contribution in [0.4, 0.5) is 5.13 Å². The number of anilines is 1. The number of aryl methyl sites for hydroxylation is 1. The third-order valence-electron chi connectivity index (χ3n) is 4.84. The number of rotatable bonds is 10. The molecule has 0 aliphatic heterocycles. The molecule has 0 saturated carbocycles. The molecule has 2 aromatic carbocycles. The monoisotopic (exact) mass is 526 g/mol. The van der Waals surface area contributed by atoms with Crippen LogP contribution in [0, 0.1) is 24.2 Å². The van der Waals surface area contributed by atoms with Crippen LogP contribution < -0.4 is 14.8 Å². The fourth-order valence-corrected chi connectivity index (χ4v) is 5.47. The first-order valence-electron chi connectivity index (χ1n) is 11.0. The van der Waals surface area contributed by atoms with Gasteiger partial charge in [-0.05, 0) is 42.2 Å². The molecular formula is C25H26N4O5S2. The average molecular weight is 527 g/mol. The van der Waals surface area contributed by atoms with Gasteiger partial charge >= 0.3 is 0 Å². The molecule has 1 heterocycles. The van der Waals surface area contributed by atoms with Crippen LogP contribution in [0.1, 0.15) is 30.5 Å². The molecule has 0 spiro atoms. The molecule has 0 radical (unpaired) electrons. The second-order valence-electron chi connectivity index (χ2n) is 8.37. The van der Waals surface area contributed by atoms with E-state index in [-0.39, 0.29) is 27.5 Å². The van der Waals surface area contributed by atoms with Gasteiger partial charge in [0.15, 0.2) is 11.5 Å². The fourth-order valence-electron chi connectivity index (χ4n) is 3.12. The highest BCUT2D eigenvalue weighted by atomic mass is 32.2. The quantitative estimate of drug-likeness (QED) is 0.304. The number of carbonyl (C=O) groups excluding carboxylic acids is 1. The Hall–Kier alpha value is -3.75. The average Bonchev–Trinajstić information content (AvgIpc) is 3.31. The van der Waals surface area contributed by atoms with Gasteiger partial charge in [0.25, 0.3) is 11.1 Å². The second kappa shape index (κ2) is 11.8. The summed E-state index contributed by atoms with van der Waals surface area (Å²) in [7, 11) is -2.15. The van der Waals surface area contributed by atoms with Gasteiger partial charge in [-0.25, -0.2) is 8.42 Å². The van der Waals surface area contributed by atoms with Crippen molar-refractivity contribution in [1.82, 2.24) is 9.36 Å². The molecule has 188 valence electrons. The Labute approximate surface area is 214 Å². The molecule has 3 aromatic rings. The van der Waals surface area contributed by atoms with Crippen molar-refractivity contribution < 1.29 is 22.7 Å². The summed E-state index contributed by atoms with van der Waals surface area (Å²) in [6, 6.07) is 14.9. The Morgan fingerprint density at radius 2 is 1.92 bits per heavy atom. The van der Waals surface area contributed by atoms with Crippen LogP contribution in [0.15, 0.2) is 53.2 Å². The topological polar surface area (TPSA) is 131 Å². The van der Waals surface area contributed by atoms with Gasteiger partial charge in [0, 0.05) is 11.5 Å². The standard InChI is InChI=1S/C25H26N4O5S2/c1-16(2)15-36(31,32)25-28-24(35-29-25)27-23(30)20(13-26)11-19-9-10-21(22(12-19)33-4)34-14-18-7-5-17(3)6-8-18/h5-12,16H,14-15H2,1-4H3,(H,27,28,29,30)/b20-11-. The third-order valence-corrected chi connectivity index (χ3v) is 7.43. The van der Waals surface area contributed by atoms with Crippen LogP contribution in [0.5, 0.6) is 11.5 Å². The molecule has 3 rings (SSSR count). The first-order valence-corrected chi connectivity index (χ1v) is 13.4. The second-order valence-corrected chi connectivity index (χ2v) is 11.0. The predicted octanol–water partition coefficient (Wildman–Crippen LogP) is 4.41. The molecule has 0 aliphatic rings. The zero-order valence-corrected chi connectivity index (χ0v) is 21.9. The molecule has 0 bridgehead atoms. The minimum atomic E-state index is -3.65. The molecule has 0 saturated heterocycles. The van der Waals surface area contributed by atoms with Crippen molar-refractivity contribution in [3.63, 3.8) is 0 Å². The van der Waals surface area contributed by atoms with E-state index >= 15 is 0 Å². The highest BCUT2D eigenvalue weighted by molar-refractivity contribution is 7.91. The number of hydrogen-bond donors (Lipinski definition) is 1. The Bertz CT molecular complexity index is 1400. The van der Waals surface area contributed by atoms with Crippen LogP contribution in [-0.4, -0.2) is 36.5 Å². The van der Waals surface area contributed by atoms with Crippen molar-refractivity contribution in [2.24, 2.45) is 5.92 Å². The van der Waals surface area contributed by atoms with Gasteiger partial charge in [-0.15, -0.1) is 0 Å². The maximum absolute atomic E-state index is 12.6. The first-order chi connectivity index (χ1) is 17.1. The lowest BCUT2D eigenvalue weighted by molar-refractivity contribution is -0.112. The number of methoxy groups -OCH3 is 1. The summed E-state index contributed by atoms with van der Waals surface area (Å²) in [5, 5.41) is 11.6. The van der Waals surface area contributed by atoms with E-state index in [1.165, 1.54) is 13.2 Å². The number of hydrogen-bond acceptors (Lipinski definition) is 9. The van der Waals surface area contributed by atoms with Gasteiger partial charge in [0.2, 0.25) is 15.0 Å². The van der Waals surface area contributed by atoms with E-state index in [1.54, 1.807) is 32.0 Å². The predicted molar refractivity (Wildman–Crippen MR) is 138 cm³/mol. The minimum Gasteiger partial charge on any atom is -0.493 e. The summed E-state index contributed by atoms with van der Waals surface area (Å²) in [6.45, 7) is 5.91. The van der Waals surface area contributed by atoms with E-state index in [4.69, 9.17) is 9.47 Å². The van der Waals surface area contributed by atoms with E-state index in [9.17, 15) is 18.5 Å². The van der Waals surface area contributed by atoms with Gasteiger partial charge in [-0.3, -0.25) is 10.1 Å². The number of ether oxygens (including phenoxy) is 2. The first kappa shape index (κ1) is 26.8. The maximum atomic E-state index is 12.6.